The Morgan fingerprint density at radius 2 is 1.62 bits per heavy atom. The van der Waals surface area contributed by atoms with E-state index < -0.39 is 5.97 Å². The second-order valence-corrected chi connectivity index (χ2v) is 8.58. The van der Waals surface area contributed by atoms with E-state index in [2.05, 4.69) is 22.8 Å². The number of hydrogen-bond donors (Lipinski definition) is 2. The van der Waals surface area contributed by atoms with Gasteiger partial charge >= 0.3 is 5.97 Å². The zero-order chi connectivity index (χ0) is 23.7. The Kier molecular flexibility index (Phi) is 5.80. The minimum atomic E-state index is -0.420. The van der Waals surface area contributed by atoms with Gasteiger partial charge in [0.25, 0.3) is 0 Å². The summed E-state index contributed by atoms with van der Waals surface area (Å²) in [5.74, 6) is 0.589. The van der Waals surface area contributed by atoms with Gasteiger partial charge in [-0.2, -0.15) is 0 Å². The first kappa shape index (κ1) is 21.8. The lowest BCUT2D eigenvalue weighted by atomic mass is 9.78. The third kappa shape index (κ3) is 4.15. The van der Waals surface area contributed by atoms with Gasteiger partial charge < -0.3 is 20.1 Å². The van der Waals surface area contributed by atoms with Crippen LogP contribution in [0.3, 0.4) is 0 Å². The van der Waals surface area contributed by atoms with Crippen LogP contribution in [-0.2, 0) is 9.59 Å². The first-order valence-corrected chi connectivity index (χ1v) is 11.3. The van der Waals surface area contributed by atoms with E-state index in [-0.39, 0.29) is 17.7 Å². The maximum absolute atomic E-state index is 13.6. The second kappa shape index (κ2) is 9.06. The third-order valence-corrected chi connectivity index (χ3v) is 6.35. The van der Waals surface area contributed by atoms with Crippen molar-refractivity contribution in [1.29, 1.82) is 0 Å². The fourth-order valence-corrected chi connectivity index (χ4v) is 4.81. The van der Waals surface area contributed by atoms with Gasteiger partial charge in [0, 0.05) is 24.6 Å². The summed E-state index contributed by atoms with van der Waals surface area (Å²) >= 11 is 0. The molecule has 0 amide bonds. The number of rotatable bonds is 4. The predicted molar refractivity (Wildman–Crippen MR) is 131 cm³/mol. The van der Waals surface area contributed by atoms with E-state index in [9.17, 15) is 9.59 Å². The molecule has 34 heavy (non-hydrogen) atoms. The molecule has 172 valence electrons. The van der Waals surface area contributed by atoms with Gasteiger partial charge in [0.1, 0.15) is 0 Å². The minimum Gasteiger partial charge on any atom is -0.493 e. The molecule has 0 saturated heterocycles. The molecule has 1 heterocycles. The molecule has 2 N–H and O–H groups in total. The van der Waals surface area contributed by atoms with Gasteiger partial charge in [-0.3, -0.25) is 9.59 Å². The van der Waals surface area contributed by atoms with Crippen LogP contribution in [0.15, 0.2) is 84.1 Å². The Balaban J connectivity index is 1.60. The molecule has 0 saturated carbocycles. The second-order valence-electron chi connectivity index (χ2n) is 8.58. The van der Waals surface area contributed by atoms with Crippen molar-refractivity contribution in [2.75, 3.05) is 17.7 Å². The van der Waals surface area contributed by atoms with Crippen LogP contribution in [0.4, 0.5) is 11.4 Å². The van der Waals surface area contributed by atoms with Crippen molar-refractivity contribution in [3.63, 3.8) is 0 Å². The minimum absolute atomic E-state index is 0.107. The number of methoxy groups -OCH3 is 1. The quantitative estimate of drug-likeness (QED) is 0.395. The molecule has 3 aromatic carbocycles. The average molecular weight is 455 g/mol. The van der Waals surface area contributed by atoms with Crippen molar-refractivity contribution in [3.8, 4) is 11.5 Å². The maximum Gasteiger partial charge on any atom is 0.308 e. The Labute approximate surface area is 198 Å². The molecule has 1 aliphatic carbocycles. The molecule has 0 bridgehead atoms. The molecule has 6 heteroatoms. The smallest absolute Gasteiger partial charge is 0.308 e. The Hall–Kier alpha value is -4.06. The summed E-state index contributed by atoms with van der Waals surface area (Å²) < 4.78 is 10.8. The summed E-state index contributed by atoms with van der Waals surface area (Å²) in [5.41, 5.74) is 5.52. The fourth-order valence-electron chi connectivity index (χ4n) is 4.81. The van der Waals surface area contributed by atoms with Crippen LogP contribution in [0.25, 0.3) is 0 Å². The number of allylic oxidation sites excluding steroid dienone is 1. The van der Waals surface area contributed by atoms with Crippen LogP contribution in [0.5, 0.6) is 11.5 Å². The molecule has 0 spiro atoms. The number of para-hydroxylation sites is 2. The molecule has 0 fully saturated rings. The molecule has 1 aliphatic heterocycles. The highest BCUT2D eigenvalue weighted by Gasteiger charge is 2.36. The van der Waals surface area contributed by atoms with Crippen molar-refractivity contribution >= 4 is 23.1 Å². The molecule has 0 unspecified atom stereocenters. The third-order valence-electron chi connectivity index (χ3n) is 6.35. The van der Waals surface area contributed by atoms with Gasteiger partial charge in [-0.15, -0.1) is 0 Å². The van der Waals surface area contributed by atoms with Crippen LogP contribution < -0.4 is 20.1 Å². The van der Waals surface area contributed by atoms with Crippen molar-refractivity contribution < 1.29 is 19.1 Å². The highest BCUT2D eigenvalue weighted by atomic mass is 16.6. The number of nitrogens with one attached hydrogen (secondary N) is 2. The lowest BCUT2D eigenvalue weighted by Crippen LogP contribution is -2.26. The molecular formula is C28H26N2O4. The normalized spacial score (nSPS) is 19.2. The van der Waals surface area contributed by atoms with Crippen molar-refractivity contribution in [2.45, 2.75) is 31.7 Å². The molecular weight excluding hydrogens is 428 g/mol. The number of ketones is 1. The number of fused-ring (bicyclic) bond motifs is 1. The first-order valence-electron chi connectivity index (χ1n) is 11.3. The fraction of sp³-hybridized carbons (Fsp3) is 0.214. The largest absolute Gasteiger partial charge is 0.493 e. The molecule has 3 aromatic rings. The Morgan fingerprint density at radius 3 is 2.35 bits per heavy atom. The van der Waals surface area contributed by atoms with Gasteiger partial charge in [-0.25, -0.2) is 0 Å². The molecule has 0 radical (unpaired) electrons. The number of carbonyl (C=O) groups is 2. The van der Waals surface area contributed by atoms with Gasteiger partial charge in [0.2, 0.25) is 0 Å². The van der Waals surface area contributed by atoms with Crippen LogP contribution in [0.1, 0.15) is 42.9 Å². The summed E-state index contributed by atoms with van der Waals surface area (Å²) in [6.07, 6.45) is 1.18. The van der Waals surface area contributed by atoms with E-state index in [1.54, 1.807) is 6.07 Å². The van der Waals surface area contributed by atoms with Crippen molar-refractivity contribution in [3.05, 3.63) is 95.2 Å². The summed E-state index contributed by atoms with van der Waals surface area (Å²) in [5, 5.41) is 7.12. The molecule has 0 aromatic heterocycles. The van der Waals surface area contributed by atoms with E-state index in [0.29, 0.717) is 17.9 Å². The number of hydrogen-bond acceptors (Lipinski definition) is 6. The van der Waals surface area contributed by atoms with Gasteiger partial charge in [-0.1, -0.05) is 48.5 Å². The Morgan fingerprint density at radius 1 is 0.882 bits per heavy atom. The van der Waals surface area contributed by atoms with Crippen LogP contribution in [0.2, 0.25) is 0 Å². The van der Waals surface area contributed by atoms with Crippen LogP contribution >= 0.6 is 0 Å². The highest BCUT2D eigenvalue weighted by Crippen LogP contribution is 2.45. The number of ether oxygens (including phenoxy) is 2. The number of Topliss-reactive ketones (excluding diaryl/α,β-unsaturated/α-hetero) is 1. The zero-order valence-corrected chi connectivity index (χ0v) is 19.1. The number of carbonyl (C=O) groups excluding carboxylic acids is 2. The Bertz CT molecular complexity index is 1280. The van der Waals surface area contributed by atoms with Crippen molar-refractivity contribution in [1.82, 2.24) is 0 Å². The lowest BCUT2D eigenvalue weighted by molar-refractivity contribution is -0.132. The first-order chi connectivity index (χ1) is 16.5. The summed E-state index contributed by atoms with van der Waals surface area (Å²) in [4.78, 5) is 25.1. The van der Waals surface area contributed by atoms with Gasteiger partial charge in [0.15, 0.2) is 17.3 Å². The van der Waals surface area contributed by atoms with Crippen LogP contribution in [0, 0.1) is 0 Å². The van der Waals surface area contributed by atoms with Gasteiger partial charge in [0.05, 0.1) is 24.5 Å². The topological polar surface area (TPSA) is 76.7 Å². The summed E-state index contributed by atoms with van der Waals surface area (Å²) in [6, 6.07) is 23.2. The average Bonchev–Trinajstić information content (AvgIpc) is 3.01. The molecule has 5 rings (SSSR count). The van der Waals surface area contributed by atoms with E-state index in [4.69, 9.17) is 9.47 Å². The lowest BCUT2D eigenvalue weighted by Gasteiger charge is -2.30. The SMILES string of the molecule is COc1cc([C@H]2Nc3ccccc3NC3=C2C(=O)C[C@@H](c2ccccc2)C3)ccc1OC(C)=O. The van der Waals surface area contributed by atoms with Gasteiger partial charge in [-0.05, 0) is 47.7 Å². The summed E-state index contributed by atoms with van der Waals surface area (Å²) in [7, 11) is 1.53. The number of benzene rings is 3. The maximum atomic E-state index is 13.6. The molecule has 2 atom stereocenters. The van der Waals surface area contributed by atoms with Crippen LogP contribution in [-0.4, -0.2) is 18.9 Å². The monoisotopic (exact) mass is 454 g/mol. The van der Waals surface area contributed by atoms with E-state index in [0.717, 1.165) is 34.6 Å². The highest BCUT2D eigenvalue weighted by molar-refractivity contribution is 6.01. The molecule has 2 aliphatic rings. The zero-order valence-electron chi connectivity index (χ0n) is 19.1. The van der Waals surface area contributed by atoms with E-state index in [1.807, 2.05) is 54.6 Å². The summed E-state index contributed by atoms with van der Waals surface area (Å²) in [6.45, 7) is 1.35. The standard InChI is InChI=1S/C28H26N2O4/c1-17(31)34-25-13-12-19(16-26(25)33-2)28-27-23(29-21-10-6-7-11-22(21)30-28)14-20(15-24(27)32)18-8-4-3-5-9-18/h3-13,16,20,28-30H,14-15H2,1-2H3/t20-,28+/m0/s1. The van der Waals surface area contributed by atoms with E-state index >= 15 is 0 Å². The predicted octanol–water partition coefficient (Wildman–Crippen LogP) is 5.60. The van der Waals surface area contributed by atoms with E-state index in [1.165, 1.54) is 19.6 Å². The molecule has 6 nitrogen and oxygen atoms in total. The van der Waals surface area contributed by atoms with Crippen molar-refractivity contribution in [2.24, 2.45) is 0 Å². The number of anilines is 2. The number of esters is 1.